The van der Waals surface area contributed by atoms with Gasteiger partial charge in [0, 0.05) is 28.9 Å². The number of hydrogen-bond acceptors (Lipinski definition) is 6. The highest BCUT2D eigenvalue weighted by Crippen LogP contribution is 2.38. The Kier molecular flexibility index (Phi) is 6.39. The lowest BCUT2D eigenvalue weighted by Gasteiger charge is -2.34. The van der Waals surface area contributed by atoms with E-state index in [4.69, 9.17) is 16.3 Å². The molecule has 1 fully saturated rings. The van der Waals surface area contributed by atoms with E-state index >= 15 is 0 Å². The zero-order chi connectivity index (χ0) is 22.2. The minimum absolute atomic E-state index is 0.0590. The van der Waals surface area contributed by atoms with Crippen molar-refractivity contribution in [1.82, 2.24) is 9.62 Å². The van der Waals surface area contributed by atoms with Crippen molar-refractivity contribution in [2.45, 2.75) is 43.0 Å². The van der Waals surface area contributed by atoms with Crippen molar-refractivity contribution in [2.24, 2.45) is 5.92 Å². The minimum Gasteiger partial charge on any atom is -0.465 e. The molecule has 2 heterocycles. The van der Waals surface area contributed by atoms with Crippen molar-refractivity contribution in [3.8, 4) is 0 Å². The number of hydrogen-bond donors (Lipinski definition) is 1. The highest BCUT2D eigenvalue weighted by Gasteiger charge is 2.37. The van der Waals surface area contributed by atoms with Gasteiger partial charge in [-0.2, -0.15) is 0 Å². The molecular formula is C21H23ClN2O5S2. The van der Waals surface area contributed by atoms with Gasteiger partial charge in [-0.3, -0.25) is 4.79 Å². The zero-order valence-corrected chi connectivity index (χ0v) is 19.4. The first-order chi connectivity index (χ1) is 14.8. The van der Waals surface area contributed by atoms with Crippen molar-refractivity contribution in [3.63, 3.8) is 0 Å². The summed E-state index contributed by atoms with van der Waals surface area (Å²) >= 11 is 6.92. The Hall–Kier alpha value is -1.94. The average Bonchev–Trinajstić information content (AvgIpc) is 3.11. The second-order valence-corrected chi connectivity index (χ2v) is 11.3. The number of nitrogens with zero attached hydrogens (tertiary/aromatic N) is 1. The second-order valence-electron chi connectivity index (χ2n) is 7.75. The molecule has 166 valence electrons. The molecule has 1 aliphatic heterocycles. The normalized spacial score (nSPS) is 16.5. The summed E-state index contributed by atoms with van der Waals surface area (Å²) in [6, 6.07) is 6.83. The van der Waals surface area contributed by atoms with E-state index in [0.29, 0.717) is 30.1 Å². The summed E-state index contributed by atoms with van der Waals surface area (Å²) in [5, 5.41) is 0.562. The number of halogens is 1. The number of methoxy groups -OCH3 is 1. The highest BCUT2D eigenvalue weighted by molar-refractivity contribution is 7.91. The fourth-order valence-electron chi connectivity index (χ4n) is 3.82. The van der Waals surface area contributed by atoms with Crippen LogP contribution in [0.3, 0.4) is 0 Å². The average molecular weight is 483 g/mol. The Balaban J connectivity index is 1.61. The predicted molar refractivity (Wildman–Crippen MR) is 118 cm³/mol. The number of amides is 1. The van der Waals surface area contributed by atoms with Gasteiger partial charge in [0.05, 0.1) is 19.2 Å². The van der Waals surface area contributed by atoms with Crippen LogP contribution in [0.15, 0.2) is 28.5 Å². The smallest absolute Gasteiger partial charge is 0.340 e. The lowest BCUT2D eigenvalue weighted by molar-refractivity contribution is -0.139. The molecular weight excluding hydrogens is 460 g/mol. The zero-order valence-electron chi connectivity index (χ0n) is 17.0. The Labute approximate surface area is 190 Å². The molecule has 1 amide bonds. The number of carbonyl (C=O) groups excluding carboxylic acids is 2. The largest absolute Gasteiger partial charge is 0.465 e. The first kappa shape index (κ1) is 22.3. The van der Waals surface area contributed by atoms with E-state index in [9.17, 15) is 18.0 Å². The number of rotatable bonds is 6. The van der Waals surface area contributed by atoms with Gasteiger partial charge in [-0.05, 0) is 42.5 Å². The van der Waals surface area contributed by atoms with Crippen LogP contribution in [0.25, 0.3) is 0 Å². The Morgan fingerprint density at radius 2 is 1.97 bits per heavy atom. The first-order valence-electron chi connectivity index (χ1n) is 10.1. The lowest BCUT2D eigenvalue weighted by atomic mass is 9.84. The van der Waals surface area contributed by atoms with Crippen molar-refractivity contribution in [3.05, 3.63) is 50.9 Å². The topological polar surface area (TPSA) is 92.8 Å². The number of carbonyl (C=O) groups is 2. The molecule has 1 saturated carbocycles. The molecule has 1 aromatic heterocycles. The SMILES string of the molecule is COC(=O)c1c(S(=O)(=O)NCc2ccc(Cl)cc2)sc2c1CCN(C(=O)C1CCC1)C2. The molecule has 0 radical (unpaired) electrons. The molecule has 0 saturated heterocycles. The van der Waals surface area contributed by atoms with E-state index in [1.807, 2.05) is 0 Å². The standard InChI is InChI=1S/C21H23ClN2O5S2/c1-29-20(26)18-16-9-10-24(19(25)14-3-2-4-14)12-17(16)30-21(18)31(27,28)23-11-13-5-7-15(22)8-6-13/h5-8,14,23H,2-4,9-12H2,1H3. The van der Waals surface area contributed by atoms with E-state index in [0.717, 1.165) is 41.0 Å². The number of fused-ring (bicyclic) bond motifs is 1. The molecule has 1 N–H and O–H groups in total. The van der Waals surface area contributed by atoms with Crippen LogP contribution in [-0.2, 0) is 39.1 Å². The van der Waals surface area contributed by atoms with Gasteiger partial charge in [0.25, 0.3) is 10.0 Å². The van der Waals surface area contributed by atoms with Gasteiger partial charge < -0.3 is 9.64 Å². The Morgan fingerprint density at radius 1 is 1.26 bits per heavy atom. The molecule has 0 bridgehead atoms. The van der Waals surface area contributed by atoms with Gasteiger partial charge >= 0.3 is 5.97 Å². The molecule has 1 aliphatic carbocycles. The molecule has 2 aromatic rings. The van der Waals surface area contributed by atoms with Gasteiger partial charge in [-0.15, -0.1) is 11.3 Å². The quantitative estimate of drug-likeness (QED) is 0.637. The van der Waals surface area contributed by atoms with Gasteiger partial charge in [-0.25, -0.2) is 17.9 Å². The maximum Gasteiger partial charge on any atom is 0.340 e. The highest BCUT2D eigenvalue weighted by atomic mass is 35.5. The van der Waals surface area contributed by atoms with E-state index in [1.165, 1.54) is 7.11 Å². The maximum atomic E-state index is 13.1. The number of ether oxygens (including phenoxy) is 1. The number of thiophene rings is 1. The van der Waals surface area contributed by atoms with E-state index < -0.39 is 16.0 Å². The monoisotopic (exact) mass is 482 g/mol. The van der Waals surface area contributed by atoms with Gasteiger partial charge in [0.1, 0.15) is 4.21 Å². The van der Waals surface area contributed by atoms with Crippen LogP contribution in [-0.4, -0.2) is 38.8 Å². The fourth-order valence-corrected chi connectivity index (χ4v) is 6.91. The molecule has 0 unspecified atom stereocenters. The summed E-state index contributed by atoms with van der Waals surface area (Å²) in [4.78, 5) is 27.7. The van der Waals surface area contributed by atoms with Gasteiger partial charge in [0.15, 0.2) is 0 Å². The molecule has 0 spiro atoms. The van der Waals surface area contributed by atoms with E-state index in [-0.39, 0.29) is 28.1 Å². The number of sulfonamides is 1. The number of benzene rings is 1. The van der Waals surface area contributed by atoms with Crippen LogP contribution in [0.1, 0.15) is 45.6 Å². The summed E-state index contributed by atoms with van der Waals surface area (Å²) in [5.41, 5.74) is 1.49. The van der Waals surface area contributed by atoms with Crippen molar-refractivity contribution in [2.75, 3.05) is 13.7 Å². The van der Waals surface area contributed by atoms with Crippen LogP contribution >= 0.6 is 22.9 Å². The summed E-state index contributed by atoms with van der Waals surface area (Å²) in [6.45, 7) is 0.863. The van der Waals surface area contributed by atoms with Crippen molar-refractivity contribution in [1.29, 1.82) is 0 Å². The predicted octanol–water partition coefficient (Wildman–Crippen LogP) is 3.35. The van der Waals surface area contributed by atoms with E-state index in [1.54, 1.807) is 29.2 Å². The lowest BCUT2D eigenvalue weighted by Crippen LogP contribution is -2.41. The molecule has 7 nitrogen and oxygen atoms in total. The summed E-state index contributed by atoms with van der Waals surface area (Å²) < 4.78 is 33.6. The van der Waals surface area contributed by atoms with Crippen LogP contribution < -0.4 is 4.72 Å². The Morgan fingerprint density at radius 3 is 2.58 bits per heavy atom. The van der Waals surface area contributed by atoms with Crippen molar-refractivity contribution < 1.29 is 22.7 Å². The van der Waals surface area contributed by atoms with Crippen LogP contribution in [0.2, 0.25) is 5.02 Å². The van der Waals surface area contributed by atoms with Crippen molar-refractivity contribution >= 4 is 44.8 Å². The third-order valence-electron chi connectivity index (χ3n) is 5.80. The number of nitrogens with one attached hydrogen (secondary N) is 1. The maximum absolute atomic E-state index is 13.1. The summed E-state index contributed by atoms with van der Waals surface area (Å²) in [7, 11) is -2.73. The third kappa shape index (κ3) is 4.50. The molecule has 0 atom stereocenters. The fraction of sp³-hybridized carbons (Fsp3) is 0.429. The summed E-state index contributed by atoms with van der Waals surface area (Å²) in [6.07, 6.45) is 3.33. The first-order valence-corrected chi connectivity index (χ1v) is 12.7. The summed E-state index contributed by atoms with van der Waals surface area (Å²) in [5.74, 6) is -0.482. The molecule has 2 aliphatic rings. The third-order valence-corrected chi connectivity index (χ3v) is 9.19. The molecule has 4 rings (SSSR count). The van der Waals surface area contributed by atoms with Gasteiger partial charge in [0.2, 0.25) is 5.91 Å². The van der Waals surface area contributed by atoms with Crippen LogP contribution in [0.5, 0.6) is 0 Å². The Bertz CT molecular complexity index is 1110. The molecule has 10 heteroatoms. The van der Waals surface area contributed by atoms with E-state index in [2.05, 4.69) is 4.72 Å². The number of esters is 1. The van der Waals surface area contributed by atoms with Gasteiger partial charge in [-0.1, -0.05) is 30.2 Å². The van der Waals surface area contributed by atoms with Crippen LogP contribution in [0.4, 0.5) is 0 Å². The molecule has 1 aromatic carbocycles. The minimum atomic E-state index is -3.96. The second kappa shape index (κ2) is 8.90. The molecule has 31 heavy (non-hydrogen) atoms. The van der Waals surface area contributed by atoms with Crippen LogP contribution in [0, 0.1) is 5.92 Å².